The molecule has 2 N–H and O–H groups in total. The second-order valence-corrected chi connectivity index (χ2v) is 7.44. The number of nitrogens with one attached hydrogen (secondary N) is 2. The number of hydrogen-bond donors (Lipinski definition) is 2. The van der Waals surface area contributed by atoms with Crippen LogP contribution in [0.2, 0.25) is 0 Å². The van der Waals surface area contributed by atoms with Crippen molar-refractivity contribution in [3.05, 3.63) is 81.7 Å². The van der Waals surface area contributed by atoms with E-state index < -0.39 is 17.3 Å². The van der Waals surface area contributed by atoms with E-state index in [1.54, 1.807) is 25.3 Å². The van der Waals surface area contributed by atoms with Crippen molar-refractivity contribution in [1.29, 1.82) is 0 Å². The van der Waals surface area contributed by atoms with Gasteiger partial charge in [0, 0.05) is 18.3 Å². The van der Waals surface area contributed by atoms with Gasteiger partial charge in [-0.15, -0.1) is 10.2 Å². The molecule has 0 aliphatic rings. The molecule has 4 rings (SSSR count). The summed E-state index contributed by atoms with van der Waals surface area (Å²) >= 11 is 0. The fraction of sp³-hybridized carbons (Fsp3) is 0.227. The molecule has 2 heterocycles. The van der Waals surface area contributed by atoms with Crippen LogP contribution in [-0.4, -0.2) is 37.3 Å². The Labute approximate surface area is 191 Å². The van der Waals surface area contributed by atoms with Crippen LogP contribution >= 0.6 is 0 Å². The van der Waals surface area contributed by atoms with E-state index in [-0.39, 0.29) is 17.3 Å². The molecule has 2 aromatic heterocycles. The molecule has 0 spiro atoms. The Kier molecular flexibility index (Phi) is 6.30. The fourth-order valence-corrected chi connectivity index (χ4v) is 3.35. The summed E-state index contributed by atoms with van der Waals surface area (Å²) in [6, 6.07) is 10.4. The van der Waals surface area contributed by atoms with Crippen molar-refractivity contribution in [3.8, 4) is 11.4 Å². The molecule has 34 heavy (non-hydrogen) atoms. The molecule has 0 radical (unpaired) electrons. The number of benzene rings is 2. The minimum Gasteiger partial charge on any atom is -0.495 e. The lowest BCUT2D eigenvalue weighted by Gasteiger charge is -2.15. The topological polar surface area (TPSA) is 111 Å². The Balaban J connectivity index is 1.60. The standard InChI is InChI=1S/C22H20F3N7O2/c1-13-12-32(16-7-3-14(4-8-16)5-10-19-28-30-31-29-19)21(33)20(26-13)27-17-9-6-15(22(23,24)25)11-18(17)34-2/h3-4,6-9,11-12H,5,10H2,1-2H3,(H,26,27)(H,28,29,30,31). The maximum absolute atomic E-state index is 13.1. The third kappa shape index (κ3) is 5.05. The van der Waals surface area contributed by atoms with Crippen molar-refractivity contribution < 1.29 is 17.9 Å². The Morgan fingerprint density at radius 1 is 1.12 bits per heavy atom. The number of alkyl halides is 3. The highest BCUT2D eigenvalue weighted by molar-refractivity contribution is 5.65. The third-order valence-corrected chi connectivity index (χ3v) is 5.05. The number of tetrazole rings is 1. The molecule has 0 unspecified atom stereocenters. The summed E-state index contributed by atoms with van der Waals surface area (Å²) in [5.74, 6) is 0.508. The van der Waals surface area contributed by atoms with E-state index in [9.17, 15) is 18.0 Å². The van der Waals surface area contributed by atoms with E-state index in [2.05, 4.69) is 30.9 Å². The van der Waals surface area contributed by atoms with Gasteiger partial charge in [-0.05, 0) is 49.2 Å². The van der Waals surface area contributed by atoms with Gasteiger partial charge in [0.15, 0.2) is 11.6 Å². The molecule has 0 fully saturated rings. The number of methoxy groups -OCH3 is 1. The minimum atomic E-state index is -4.52. The van der Waals surface area contributed by atoms with Gasteiger partial charge < -0.3 is 10.1 Å². The van der Waals surface area contributed by atoms with Gasteiger partial charge >= 0.3 is 6.18 Å². The van der Waals surface area contributed by atoms with Crippen LogP contribution in [0, 0.1) is 6.92 Å². The number of aromatic nitrogens is 6. The molecule has 9 nitrogen and oxygen atoms in total. The predicted octanol–water partition coefficient (Wildman–Crippen LogP) is 3.61. The molecule has 0 saturated heterocycles. The Morgan fingerprint density at radius 2 is 1.88 bits per heavy atom. The first-order valence-electron chi connectivity index (χ1n) is 10.2. The van der Waals surface area contributed by atoms with Gasteiger partial charge in [0.1, 0.15) is 5.75 Å². The maximum Gasteiger partial charge on any atom is 0.416 e. The van der Waals surface area contributed by atoms with Gasteiger partial charge in [-0.25, -0.2) is 4.98 Å². The lowest BCUT2D eigenvalue weighted by Crippen LogP contribution is -2.23. The van der Waals surface area contributed by atoms with Crippen LogP contribution in [0.25, 0.3) is 5.69 Å². The van der Waals surface area contributed by atoms with Crippen molar-refractivity contribution in [2.45, 2.75) is 25.9 Å². The number of halogens is 3. The second-order valence-electron chi connectivity index (χ2n) is 7.44. The van der Waals surface area contributed by atoms with Crippen LogP contribution < -0.4 is 15.6 Å². The first kappa shape index (κ1) is 23.0. The molecule has 0 amide bonds. The largest absolute Gasteiger partial charge is 0.495 e. The summed E-state index contributed by atoms with van der Waals surface area (Å²) < 4.78 is 45.6. The highest BCUT2D eigenvalue weighted by atomic mass is 19.4. The summed E-state index contributed by atoms with van der Waals surface area (Å²) in [5.41, 5.74) is 1.04. The highest BCUT2D eigenvalue weighted by Gasteiger charge is 2.31. The fourth-order valence-electron chi connectivity index (χ4n) is 3.35. The first-order valence-corrected chi connectivity index (χ1v) is 10.2. The zero-order valence-corrected chi connectivity index (χ0v) is 18.2. The van der Waals surface area contributed by atoms with E-state index in [1.165, 1.54) is 17.7 Å². The van der Waals surface area contributed by atoms with Gasteiger partial charge in [-0.1, -0.05) is 17.3 Å². The molecular weight excluding hydrogens is 451 g/mol. The smallest absolute Gasteiger partial charge is 0.416 e. The normalized spacial score (nSPS) is 11.4. The van der Waals surface area contributed by atoms with E-state index >= 15 is 0 Å². The first-order chi connectivity index (χ1) is 16.2. The number of ether oxygens (including phenoxy) is 1. The molecule has 0 atom stereocenters. The summed E-state index contributed by atoms with van der Waals surface area (Å²) in [4.78, 5) is 17.3. The second kappa shape index (κ2) is 9.33. The van der Waals surface area contributed by atoms with E-state index in [0.29, 0.717) is 30.0 Å². The average Bonchev–Trinajstić information content (AvgIpc) is 3.33. The van der Waals surface area contributed by atoms with Crippen LogP contribution in [0.3, 0.4) is 0 Å². The molecular formula is C22H20F3N7O2. The van der Waals surface area contributed by atoms with Gasteiger partial charge in [0.2, 0.25) is 0 Å². The Bertz CT molecular complexity index is 1330. The van der Waals surface area contributed by atoms with Crippen LogP contribution in [0.4, 0.5) is 24.7 Å². The molecule has 0 bridgehead atoms. The lowest BCUT2D eigenvalue weighted by atomic mass is 10.1. The third-order valence-electron chi connectivity index (χ3n) is 5.05. The zero-order valence-electron chi connectivity index (χ0n) is 18.2. The molecule has 0 saturated carbocycles. The average molecular weight is 471 g/mol. The van der Waals surface area contributed by atoms with Crippen molar-refractivity contribution >= 4 is 11.5 Å². The molecule has 4 aromatic rings. The summed E-state index contributed by atoms with van der Waals surface area (Å²) in [5, 5.41) is 16.6. The number of anilines is 2. The van der Waals surface area contributed by atoms with Crippen LogP contribution in [0.5, 0.6) is 5.75 Å². The Hall–Kier alpha value is -4.22. The van der Waals surface area contributed by atoms with Gasteiger partial charge in [-0.3, -0.25) is 9.36 Å². The maximum atomic E-state index is 13.1. The van der Waals surface area contributed by atoms with E-state index in [1.807, 2.05) is 12.1 Å². The van der Waals surface area contributed by atoms with Gasteiger partial charge in [0.05, 0.1) is 24.1 Å². The number of rotatable bonds is 7. The van der Waals surface area contributed by atoms with E-state index in [4.69, 9.17) is 4.74 Å². The summed E-state index contributed by atoms with van der Waals surface area (Å²) in [7, 11) is 1.25. The summed E-state index contributed by atoms with van der Waals surface area (Å²) in [6.45, 7) is 1.71. The van der Waals surface area contributed by atoms with Crippen molar-refractivity contribution in [2.24, 2.45) is 0 Å². The number of nitrogens with zero attached hydrogens (tertiary/aromatic N) is 5. The zero-order chi connectivity index (χ0) is 24.3. The lowest BCUT2D eigenvalue weighted by molar-refractivity contribution is -0.137. The van der Waals surface area contributed by atoms with Crippen molar-refractivity contribution in [2.75, 3.05) is 12.4 Å². The van der Waals surface area contributed by atoms with Gasteiger partial charge in [-0.2, -0.15) is 18.4 Å². The number of aromatic amines is 1. The number of hydrogen-bond acceptors (Lipinski definition) is 7. The van der Waals surface area contributed by atoms with E-state index in [0.717, 1.165) is 17.7 Å². The minimum absolute atomic E-state index is 0.0424. The highest BCUT2D eigenvalue weighted by Crippen LogP contribution is 2.35. The molecule has 12 heteroatoms. The number of H-pyrrole nitrogens is 1. The molecule has 0 aliphatic heterocycles. The summed E-state index contributed by atoms with van der Waals surface area (Å²) in [6.07, 6.45) is -1.61. The van der Waals surface area contributed by atoms with Crippen LogP contribution in [-0.2, 0) is 19.0 Å². The van der Waals surface area contributed by atoms with Crippen LogP contribution in [0.15, 0.2) is 53.5 Å². The van der Waals surface area contributed by atoms with Crippen molar-refractivity contribution in [1.82, 2.24) is 30.2 Å². The molecule has 2 aromatic carbocycles. The Morgan fingerprint density at radius 3 is 2.53 bits per heavy atom. The number of aryl methyl sites for hydroxylation is 3. The van der Waals surface area contributed by atoms with Crippen molar-refractivity contribution in [3.63, 3.8) is 0 Å². The molecule has 176 valence electrons. The quantitative estimate of drug-likeness (QED) is 0.424. The van der Waals surface area contributed by atoms with Crippen LogP contribution in [0.1, 0.15) is 22.6 Å². The predicted molar refractivity (Wildman–Crippen MR) is 117 cm³/mol. The monoisotopic (exact) mass is 471 g/mol. The molecule has 0 aliphatic carbocycles. The van der Waals surface area contributed by atoms with Gasteiger partial charge in [0.25, 0.3) is 5.56 Å². The SMILES string of the molecule is COc1cc(C(F)(F)F)ccc1Nc1nc(C)cn(-c2ccc(CCc3nn[nH]n3)cc2)c1=O.